The van der Waals surface area contributed by atoms with Gasteiger partial charge in [-0.3, -0.25) is 4.79 Å². The first-order chi connectivity index (χ1) is 11.6. The SMILES string of the molecule is O=C(COC(=O)c1sccc1-n1cnnn1)Nc1cccnc1Cl. The van der Waals surface area contributed by atoms with Crippen LogP contribution >= 0.6 is 22.9 Å². The molecule has 0 aliphatic rings. The van der Waals surface area contributed by atoms with E-state index in [1.165, 1.54) is 17.2 Å². The molecule has 0 aliphatic carbocycles. The Morgan fingerprint density at radius 1 is 1.38 bits per heavy atom. The Kier molecular flexibility index (Phi) is 4.77. The summed E-state index contributed by atoms with van der Waals surface area (Å²) in [6.45, 7) is -0.461. The molecule has 24 heavy (non-hydrogen) atoms. The van der Waals surface area contributed by atoms with Crippen LogP contribution in [0.3, 0.4) is 0 Å². The lowest BCUT2D eigenvalue weighted by atomic mass is 10.4. The van der Waals surface area contributed by atoms with Crippen molar-refractivity contribution in [3.8, 4) is 5.69 Å². The van der Waals surface area contributed by atoms with Crippen LogP contribution in [-0.2, 0) is 9.53 Å². The van der Waals surface area contributed by atoms with E-state index in [9.17, 15) is 9.59 Å². The van der Waals surface area contributed by atoms with Gasteiger partial charge in [-0.2, -0.15) is 4.68 Å². The summed E-state index contributed by atoms with van der Waals surface area (Å²) in [6, 6.07) is 4.88. The summed E-state index contributed by atoms with van der Waals surface area (Å²) in [5, 5.41) is 15.1. The number of rotatable bonds is 5. The van der Waals surface area contributed by atoms with Crippen LogP contribution in [0.25, 0.3) is 5.69 Å². The Balaban J connectivity index is 1.61. The highest BCUT2D eigenvalue weighted by molar-refractivity contribution is 7.12. The second kappa shape index (κ2) is 7.15. The number of halogens is 1. The minimum absolute atomic E-state index is 0.149. The average Bonchev–Trinajstić information content (AvgIpc) is 3.25. The maximum absolute atomic E-state index is 12.1. The van der Waals surface area contributed by atoms with Gasteiger partial charge in [0.25, 0.3) is 5.91 Å². The van der Waals surface area contributed by atoms with Gasteiger partial charge >= 0.3 is 5.97 Å². The van der Waals surface area contributed by atoms with Crippen LogP contribution in [0.15, 0.2) is 36.1 Å². The van der Waals surface area contributed by atoms with Crippen LogP contribution in [0.5, 0.6) is 0 Å². The lowest BCUT2D eigenvalue weighted by molar-refractivity contribution is -0.119. The number of carbonyl (C=O) groups excluding carboxylic acids is 2. The van der Waals surface area contributed by atoms with Crippen molar-refractivity contribution < 1.29 is 14.3 Å². The van der Waals surface area contributed by atoms with Gasteiger partial charge in [-0.1, -0.05) is 11.6 Å². The molecule has 11 heteroatoms. The highest BCUT2D eigenvalue weighted by Gasteiger charge is 2.18. The molecule has 0 aliphatic heterocycles. The van der Waals surface area contributed by atoms with E-state index in [1.807, 2.05) is 0 Å². The van der Waals surface area contributed by atoms with Gasteiger partial charge in [-0.15, -0.1) is 16.4 Å². The number of anilines is 1. The van der Waals surface area contributed by atoms with Gasteiger partial charge in [-0.05, 0) is 34.0 Å². The largest absolute Gasteiger partial charge is 0.451 e. The molecule has 0 aromatic carbocycles. The van der Waals surface area contributed by atoms with E-state index in [-0.39, 0.29) is 10.0 Å². The number of nitrogens with one attached hydrogen (secondary N) is 1. The summed E-state index contributed by atoms with van der Waals surface area (Å²) in [6.07, 6.45) is 2.85. The molecule has 3 heterocycles. The monoisotopic (exact) mass is 364 g/mol. The van der Waals surface area contributed by atoms with Crippen molar-refractivity contribution in [1.82, 2.24) is 25.2 Å². The molecule has 122 valence electrons. The fourth-order valence-electron chi connectivity index (χ4n) is 1.77. The quantitative estimate of drug-likeness (QED) is 0.540. The van der Waals surface area contributed by atoms with Crippen molar-refractivity contribution in [2.75, 3.05) is 11.9 Å². The Morgan fingerprint density at radius 2 is 2.25 bits per heavy atom. The molecular formula is C13H9ClN6O3S. The maximum atomic E-state index is 12.1. The normalized spacial score (nSPS) is 10.4. The highest BCUT2D eigenvalue weighted by Crippen LogP contribution is 2.21. The van der Waals surface area contributed by atoms with Crippen molar-refractivity contribution >= 4 is 40.5 Å². The van der Waals surface area contributed by atoms with Gasteiger partial charge in [0.15, 0.2) is 11.8 Å². The van der Waals surface area contributed by atoms with E-state index < -0.39 is 18.5 Å². The van der Waals surface area contributed by atoms with Gasteiger partial charge in [-0.25, -0.2) is 9.78 Å². The zero-order valence-corrected chi connectivity index (χ0v) is 13.5. The third kappa shape index (κ3) is 3.55. The summed E-state index contributed by atoms with van der Waals surface area (Å²) in [5.74, 6) is -1.18. The zero-order valence-electron chi connectivity index (χ0n) is 11.9. The lowest BCUT2D eigenvalue weighted by Crippen LogP contribution is -2.21. The molecular weight excluding hydrogens is 356 g/mol. The molecule has 0 saturated heterocycles. The maximum Gasteiger partial charge on any atom is 0.351 e. The molecule has 0 atom stereocenters. The predicted molar refractivity (Wildman–Crippen MR) is 85.2 cm³/mol. The average molecular weight is 365 g/mol. The van der Waals surface area contributed by atoms with Crippen LogP contribution in [0.1, 0.15) is 9.67 Å². The van der Waals surface area contributed by atoms with Gasteiger partial charge in [0.2, 0.25) is 0 Å². The van der Waals surface area contributed by atoms with Gasteiger partial charge in [0, 0.05) is 6.20 Å². The molecule has 0 spiro atoms. The molecule has 1 amide bonds. The number of carbonyl (C=O) groups is 2. The van der Waals surface area contributed by atoms with Crippen molar-refractivity contribution in [2.24, 2.45) is 0 Å². The number of nitrogens with zero attached hydrogens (tertiary/aromatic N) is 5. The first-order valence-corrected chi connectivity index (χ1v) is 7.79. The van der Waals surface area contributed by atoms with Crippen molar-refractivity contribution in [3.63, 3.8) is 0 Å². The number of esters is 1. The Labute approximate surface area is 144 Å². The lowest BCUT2D eigenvalue weighted by Gasteiger charge is -2.07. The van der Waals surface area contributed by atoms with E-state index in [2.05, 4.69) is 25.8 Å². The fourth-order valence-corrected chi connectivity index (χ4v) is 2.71. The summed E-state index contributed by atoms with van der Waals surface area (Å²) in [5.41, 5.74) is 0.816. The van der Waals surface area contributed by atoms with Crippen LogP contribution in [0.4, 0.5) is 5.69 Å². The minimum atomic E-state index is -0.650. The number of aromatic nitrogens is 5. The molecule has 0 saturated carbocycles. The standard InChI is InChI=1S/C13H9ClN6O3S/c14-12-8(2-1-4-15-12)17-10(21)6-23-13(22)11-9(3-5-24-11)20-7-16-18-19-20/h1-5,7H,6H2,(H,17,21). The summed E-state index contributed by atoms with van der Waals surface area (Å²) in [7, 11) is 0. The molecule has 3 rings (SSSR count). The molecule has 0 fully saturated rings. The molecule has 1 N–H and O–H groups in total. The first kappa shape index (κ1) is 16.0. The van der Waals surface area contributed by atoms with Crippen LogP contribution in [0.2, 0.25) is 5.15 Å². The number of thiophene rings is 1. The van der Waals surface area contributed by atoms with Gasteiger partial charge in [0.05, 0.1) is 11.4 Å². The molecule has 0 bridgehead atoms. The first-order valence-electron chi connectivity index (χ1n) is 6.53. The molecule has 3 aromatic heterocycles. The second-order valence-corrected chi connectivity index (χ2v) is 5.63. The van der Waals surface area contributed by atoms with E-state index in [4.69, 9.17) is 16.3 Å². The van der Waals surface area contributed by atoms with Gasteiger partial charge < -0.3 is 10.1 Å². The number of ether oxygens (including phenoxy) is 1. The molecule has 0 radical (unpaired) electrons. The topological polar surface area (TPSA) is 112 Å². The minimum Gasteiger partial charge on any atom is -0.451 e. The number of amides is 1. The van der Waals surface area contributed by atoms with E-state index in [1.54, 1.807) is 23.6 Å². The number of hydrogen-bond donors (Lipinski definition) is 1. The van der Waals surface area contributed by atoms with Crippen molar-refractivity contribution in [3.05, 3.63) is 46.1 Å². The molecule has 3 aromatic rings. The highest BCUT2D eigenvalue weighted by atomic mass is 35.5. The second-order valence-electron chi connectivity index (χ2n) is 4.36. The fraction of sp³-hybridized carbons (Fsp3) is 0.0769. The molecule has 9 nitrogen and oxygen atoms in total. The summed E-state index contributed by atoms with van der Waals surface area (Å²) >= 11 is 7.00. The zero-order chi connectivity index (χ0) is 16.9. The number of tetrazole rings is 1. The predicted octanol–water partition coefficient (Wildman–Crippen LogP) is 1.57. The Hall–Kier alpha value is -2.85. The summed E-state index contributed by atoms with van der Waals surface area (Å²) in [4.78, 5) is 28.1. The van der Waals surface area contributed by atoms with Crippen LogP contribution < -0.4 is 5.32 Å². The Bertz CT molecular complexity index is 866. The smallest absolute Gasteiger partial charge is 0.351 e. The molecule has 0 unspecified atom stereocenters. The Morgan fingerprint density at radius 3 is 3.00 bits per heavy atom. The van der Waals surface area contributed by atoms with E-state index >= 15 is 0 Å². The van der Waals surface area contributed by atoms with Gasteiger partial charge in [0.1, 0.15) is 11.2 Å². The summed E-state index contributed by atoms with van der Waals surface area (Å²) < 4.78 is 6.35. The third-order valence-electron chi connectivity index (χ3n) is 2.79. The van der Waals surface area contributed by atoms with Crippen LogP contribution in [-0.4, -0.2) is 43.7 Å². The van der Waals surface area contributed by atoms with Crippen molar-refractivity contribution in [1.29, 1.82) is 0 Å². The third-order valence-corrected chi connectivity index (χ3v) is 3.98. The van der Waals surface area contributed by atoms with E-state index in [0.717, 1.165) is 11.3 Å². The van der Waals surface area contributed by atoms with E-state index in [0.29, 0.717) is 11.4 Å². The van der Waals surface area contributed by atoms with Crippen molar-refractivity contribution in [2.45, 2.75) is 0 Å². The number of pyridine rings is 1. The number of hydrogen-bond acceptors (Lipinski definition) is 8. The van der Waals surface area contributed by atoms with Crippen LogP contribution in [0, 0.1) is 0 Å².